The number of hydrogen-bond acceptors (Lipinski definition) is 6. The number of amides is 2. The topological polar surface area (TPSA) is 105 Å². The maximum absolute atomic E-state index is 12.3. The van der Waals surface area contributed by atoms with E-state index in [4.69, 9.17) is 4.74 Å². The van der Waals surface area contributed by atoms with Gasteiger partial charge < -0.3 is 20.1 Å². The van der Waals surface area contributed by atoms with E-state index in [0.29, 0.717) is 34.6 Å². The Bertz CT molecular complexity index is 1340. The third-order valence-corrected chi connectivity index (χ3v) is 5.31. The van der Waals surface area contributed by atoms with Crippen LogP contribution in [0.4, 0.5) is 4.79 Å². The normalized spacial score (nSPS) is 17.9. The lowest BCUT2D eigenvalue weighted by molar-refractivity contribution is -0.137. The van der Waals surface area contributed by atoms with E-state index in [2.05, 4.69) is 27.1 Å². The molecule has 8 nitrogen and oxygen atoms in total. The molecule has 1 fully saturated rings. The van der Waals surface area contributed by atoms with Gasteiger partial charge in [0.2, 0.25) is 5.60 Å². The summed E-state index contributed by atoms with van der Waals surface area (Å²) in [5.41, 5.74) is 1.01. The Labute approximate surface area is 198 Å². The molecule has 1 atom stereocenters. The molecule has 1 aromatic carbocycles. The van der Waals surface area contributed by atoms with Crippen molar-refractivity contribution in [1.29, 1.82) is 0 Å². The number of carbonyl (C=O) groups is 2. The number of pyridine rings is 2. The van der Waals surface area contributed by atoms with Gasteiger partial charge in [0.15, 0.2) is 5.75 Å². The van der Waals surface area contributed by atoms with Gasteiger partial charge in [-0.25, -0.2) is 9.78 Å². The molecule has 4 rings (SSSR count). The van der Waals surface area contributed by atoms with Crippen molar-refractivity contribution in [3.63, 3.8) is 0 Å². The van der Waals surface area contributed by atoms with Gasteiger partial charge in [0.25, 0.3) is 5.91 Å². The summed E-state index contributed by atoms with van der Waals surface area (Å²) in [6, 6.07) is 12.6. The SMILES string of the molecule is CN1CC[C@@](O)(C#Cc2cccc(-c3ccc4nccc(OC(=O)NC(C)(C)C)c4n3)c2)C1=O. The molecule has 0 unspecified atom stereocenters. The van der Waals surface area contributed by atoms with Crippen LogP contribution in [0, 0.1) is 11.8 Å². The molecule has 8 heteroatoms. The number of benzene rings is 1. The maximum Gasteiger partial charge on any atom is 0.413 e. The molecule has 1 saturated heterocycles. The molecule has 1 aliphatic rings. The molecule has 0 saturated carbocycles. The van der Waals surface area contributed by atoms with E-state index in [1.807, 2.05) is 45.0 Å². The van der Waals surface area contributed by atoms with Crippen molar-refractivity contribution in [3.05, 3.63) is 54.2 Å². The largest absolute Gasteiger partial charge is 0.413 e. The number of likely N-dealkylation sites (tertiary alicyclic amines) is 1. The van der Waals surface area contributed by atoms with Crippen LogP contribution in [0.15, 0.2) is 48.7 Å². The quantitative estimate of drug-likeness (QED) is 0.572. The van der Waals surface area contributed by atoms with Crippen LogP contribution in [-0.2, 0) is 4.79 Å². The highest BCUT2D eigenvalue weighted by atomic mass is 16.6. The molecule has 2 N–H and O–H groups in total. The summed E-state index contributed by atoms with van der Waals surface area (Å²) < 4.78 is 5.51. The lowest BCUT2D eigenvalue weighted by atomic mass is 10.0. The fourth-order valence-corrected chi connectivity index (χ4v) is 3.58. The zero-order valence-corrected chi connectivity index (χ0v) is 19.5. The first-order chi connectivity index (χ1) is 16.0. The van der Waals surface area contributed by atoms with Crippen molar-refractivity contribution in [2.45, 2.75) is 38.3 Å². The molecular weight excluding hydrogens is 432 g/mol. The summed E-state index contributed by atoms with van der Waals surface area (Å²) in [5.74, 6) is 5.57. The third-order valence-electron chi connectivity index (χ3n) is 5.31. The lowest BCUT2D eigenvalue weighted by Gasteiger charge is -2.20. The third kappa shape index (κ3) is 5.00. The Kier molecular flexibility index (Phi) is 5.98. The zero-order chi connectivity index (χ0) is 24.5. The van der Waals surface area contributed by atoms with Gasteiger partial charge in [-0.3, -0.25) is 9.78 Å². The van der Waals surface area contributed by atoms with Crippen LogP contribution >= 0.6 is 0 Å². The molecule has 0 aliphatic carbocycles. The van der Waals surface area contributed by atoms with Crippen LogP contribution in [0.1, 0.15) is 32.8 Å². The number of fused-ring (bicyclic) bond motifs is 1. The van der Waals surface area contributed by atoms with Crippen LogP contribution in [0.2, 0.25) is 0 Å². The van der Waals surface area contributed by atoms with Crippen molar-refractivity contribution in [3.8, 4) is 28.8 Å². The van der Waals surface area contributed by atoms with Gasteiger partial charge in [0, 0.05) is 48.9 Å². The van der Waals surface area contributed by atoms with E-state index >= 15 is 0 Å². The Morgan fingerprint density at radius 2 is 2.03 bits per heavy atom. The number of nitrogens with one attached hydrogen (secondary N) is 1. The molecule has 3 aromatic rings. The van der Waals surface area contributed by atoms with Crippen molar-refractivity contribution in [1.82, 2.24) is 20.2 Å². The molecule has 0 radical (unpaired) electrons. The van der Waals surface area contributed by atoms with Crippen LogP contribution < -0.4 is 10.1 Å². The Morgan fingerprint density at radius 1 is 1.24 bits per heavy atom. The monoisotopic (exact) mass is 458 g/mol. The molecular formula is C26H26N4O4. The van der Waals surface area contributed by atoms with Crippen LogP contribution in [0.25, 0.3) is 22.3 Å². The van der Waals surface area contributed by atoms with E-state index in [1.54, 1.807) is 31.4 Å². The zero-order valence-electron chi connectivity index (χ0n) is 19.5. The lowest BCUT2D eigenvalue weighted by Crippen LogP contribution is -2.42. The van der Waals surface area contributed by atoms with Crippen molar-refractivity contribution in [2.24, 2.45) is 0 Å². The Hall–Kier alpha value is -3.96. The number of ether oxygens (including phenoxy) is 1. The second-order valence-corrected chi connectivity index (χ2v) is 9.31. The smallest absolute Gasteiger partial charge is 0.408 e. The molecule has 174 valence electrons. The standard InChI is InChI=1S/C26H26N4O4/c1-25(2,3)29-24(32)34-21-11-14-27-20-9-8-19(28-22(20)21)18-7-5-6-17(16-18)10-12-26(33)13-15-30(4)23(26)31/h5-9,11,14,16,33H,13,15H2,1-4H3,(H,29,32)/t26-/m0/s1. The van der Waals surface area contributed by atoms with Gasteiger partial charge in [0.1, 0.15) is 5.52 Å². The second kappa shape index (κ2) is 8.76. The summed E-state index contributed by atoms with van der Waals surface area (Å²) in [6.45, 7) is 6.07. The average molecular weight is 459 g/mol. The van der Waals surface area contributed by atoms with Gasteiger partial charge in [-0.15, -0.1) is 0 Å². The highest BCUT2D eigenvalue weighted by molar-refractivity contribution is 5.90. The minimum atomic E-state index is -1.66. The van der Waals surface area contributed by atoms with E-state index in [0.717, 1.165) is 5.56 Å². The summed E-state index contributed by atoms with van der Waals surface area (Å²) in [7, 11) is 1.65. The number of hydrogen-bond donors (Lipinski definition) is 2. The fraction of sp³-hybridized carbons (Fsp3) is 0.308. The first kappa shape index (κ1) is 23.2. The Balaban J connectivity index is 1.64. The van der Waals surface area contributed by atoms with Gasteiger partial charge in [0.05, 0.1) is 11.2 Å². The maximum atomic E-state index is 12.3. The number of rotatable bonds is 2. The predicted molar refractivity (Wildman–Crippen MR) is 128 cm³/mol. The van der Waals surface area contributed by atoms with E-state index in [-0.39, 0.29) is 12.3 Å². The summed E-state index contributed by atoms with van der Waals surface area (Å²) in [6.07, 6.45) is 1.26. The summed E-state index contributed by atoms with van der Waals surface area (Å²) in [4.78, 5) is 34.9. The fourth-order valence-electron chi connectivity index (χ4n) is 3.58. The number of aromatic nitrogens is 2. The molecule has 34 heavy (non-hydrogen) atoms. The molecule has 0 bridgehead atoms. The highest BCUT2D eigenvalue weighted by Gasteiger charge is 2.42. The number of carbonyl (C=O) groups excluding carboxylic acids is 2. The Morgan fingerprint density at radius 3 is 2.74 bits per heavy atom. The number of nitrogens with zero attached hydrogens (tertiary/aromatic N) is 3. The molecule has 0 spiro atoms. The molecule has 2 amide bonds. The minimum Gasteiger partial charge on any atom is -0.408 e. The van der Waals surface area contributed by atoms with Gasteiger partial charge in [-0.2, -0.15) is 0 Å². The summed E-state index contributed by atoms with van der Waals surface area (Å²) >= 11 is 0. The van der Waals surface area contributed by atoms with Crippen molar-refractivity contribution in [2.75, 3.05) is 13.6 Å². The van der Waals surface area contributed by atoms with Gasteiger partial charge in [-0.1, -0.05) is 24.0 Å². The first-order valence-electron chi connectivity index (χ1n) is 10.9. The highest BCUT2D eigenvalue weighted by Crippen LogP contribution is 2.27. The predicted octanol–water partition coefficient (Wildman–Crippen LogP) is 3.13. The molecule has 2 aromatic heterocycles. The van der Waals surface area contributed by atoms with Crippen LogP contribution in [0.5, 0.6) is 5.75 Å². The van der Waals surface area contributed by atoms with Gasteiger partial charge >= 0.3 is 6.09 Å². The van der Waals surface area contributed by atoms with E-state index in [9.17, 15) is 14.7 Å². The number of aliphatic hydroxyl groups is 1. The molecule has 1 aliphatic heterocycles. The number of likely N-dealkylation sites (N-methyl/N-ethyl adjacent to an activating group) is 1. The first-order valence-corrected chi connectivity index (χ1v) is 10.9. The van der Waals surface area contributed by atoms with Crippen LogP contribution in [-0.4, -0.2) is 56.7 Å². The van der Waals surface area contributed by atoms with Crippen molar-refractivity contribution < 1.29 is 19.4 Å². The second-order valence-electron chi connectivity index (χ2n) is 9.31. The van der Waals surface area contributed by atoms with E-state index in [1.165, 1.54) is 4.90 Å². The van der Waals surface area contributed by atoms with Crippen LogP contribution in [0.3, 0.4) is 0 Å². The summed E-state index contributed by atoms with van der Waals surface area (Å²) in [5, 5.41) is 13.3. The van der Waals surface area contributed by atoms with Crippen molar-refractivity contribution >= 4 is 23.0 Å². The van der Waals surface area contributed by atoms with E-state index < -0.39 is 17.2 Å². The molecule has 3 heterocycles. The minimum absolute atomic E-state index is 0.278. The average Bonchev–Trinajstić information content (AvgIpc) is 3.04. The van der Waals surface area contributed by atoms with Gasteiger partial charge in [-0.05, 0) is 45.0 Å².